The number of amides is 1. The first kappa shape index (κ1) is 13.4. The molecule has 1 amide bonds. The Balaban J connectivity index is 2.05. The van der Waals surface area contributed by atoms with Crippen LogP contribution in [0.1, 0.15) is 15.9 Å². The van der Waals surface area contributed by atoms with Gasteiger partial charge in [0.05, 0.1) is 11.1 Å². The quantitative estimate of drug-likeness (QED) is 0.560. The number of benzene rings is 3. The Morgan fingerprint density at radius 2 is 1.75 bits per heavy atom. The van der Waals surface area contributed by atoms with Gasteiger partial charge in [-0.1, -0.05) is 48.5 Å². The lowest BCUT2D eigenvalue weighted by molar-refractivity contribution is 0.0967. The minimum absolute atomic E-state index is 0.0333. The maximum Gasteiger partial charge on any atom is 0.252 e. The van der Waals surface area contributed by atoms with Crippen molar-refractivity contribution in [3.63, 3.8) is 0 Å². The summed E-state index contributed by atoms with van der Waals surface area (Å²) in [6.07, 6.45) is 0. The SMILES string of the molecule is Cn1c2ccccc2c2c3c(cc(-c4ccccc4)c21)CNC3=O. The number of hydrogen-bond donors (Lipinski definition) is 1. The van der Waals surface area contributed by atoms with Crippen molar-refractivity contribution in [1.82, 2.24) is 9.88 Å². The molecule has 0 saturated heterocycles. The van der Waals surface area contributed by atoms with Gasteiger partial charge in [0.15, 0.2) is 0 Å². The van der Waals surface area contributed by atoms with Crippen molar-refractivity contribution in [2.75, 3.05) is 0 Å². The van der Waals surface area contributed by atoms with Crippen LogP contribution in [0.25, 0.3) is 32.9 Å². The summed E-state index contributed by atoms with van der Waals surface area (Å²) in [5.74, 6) is 0.0333. The van der Waals surface area contributed by atoms with E-state index in [0.717, 1.165) is 32.9 Å². The molecule has 24 heavy (non-hydrogen) atoms. The molecule has 3 nitrogen and oxygen atoms in total. The molecule has 0 aliphatic carbocycles. The summed E-state index contributed by atoms with van der Waals surface area (Å²) in [6, 6.07) is 20.9. The number of aryl methyl sites for hydroxylation is 1. The van der Waals surface area contributed by atoms with E-state index in [2.05, 4.69) is 59.4 Å². The van der Waals surface area contributed by atoms with Crippen LogP contribution in [0.5, 0.6) is 0 Å². The van der Waals surface area contributed by atoms with Crippen molar-refractivity contribution in [1.29, 1.82) is 0 Å². The van der Waals surface area contributed by atoms with Gasteiger partial charge >= 0.3 is 0 Å². The van der Waals surface area contributed by atoms with E-state index in [-0.39, 0.29) is 5.91 Å². The molecule has 1 aromatic heterocycles. The molecule has 0 saturated carbocycles. The molecule has 2 heterocycles. The number of carbonyl (C=O) groups excluding carboxylic acids is 1. The highest BCUT2D eigenvalue weighted by Gasteiger charge is 2.27. The molecule has 5 rings (SSSR count). The predicted molar refractivity (Wildman–Crippen MR) is 97.0 cm³/mol. The number of carbonyl (C=O) groups is 1. The highest BCUT2D eigenvalue weighted by molar-refractivity contribution is 6.22. The molecule has 1 aliphatic rings. The highest BCUT2D eigenvalue weighted by Crippen LogP contribution is 2.40. The minimum Gasteiger partial charge on any atom is -0.348 e. The van der Waals surface area contributed by atoms with Crippen molar-refractivity contribution >= 4 is 27.7 Å². The van der Waals surface area contributed by atoms with Gasteiger partial charge < -0.3 is 9.88 Å². The van der Waals surface area contributed by atoms with Gasteiger partial charge in [0.2, 0.25) is 0 Å². The minimum atomic E-state index is 0.0333. The number of aromatic nitrogens is 1. The molecular weight excluding hydrogens is 296 g/mol. The topological polar surface area (TPSA) is 34.0 Å². The fraction of sp³-hybridized carbons (Fsp3) is 0.0952. The Bertz CT molecular complexity index is 1120. The molecule has 0 spiro atoms. The monoisotopic (exact) mass is 312 g/mol. The second-order valence-electron chi connectivity index (χ2n) is 6.31. The highest BCUT2D eigenvalue weighted by atomic mass is 16.1. The van der Waals surface area contributed by atoms with E-state index in [1.165, 1.54) is 11.1 Å². The van der Waals surface area contributed by atoms with E-state index in [1.807, 2.05) is 18.2 Å². The van der Waals surface area contributed by atoms with Crippen LogP contribution in [0.3, 0.4) is 0 Å². The zero-order valence-electron chi connectivity index (χ0n) is 13.3. The van der Waals surface area contributed by atoms with Crippen LogP contribution >= 0.6 is 0 Å². The average molecular weight is 312 g/mol. The fourth-order valence-corrected chi connectivity index (χ4v) is 3.94. The van der Waals surface area contributed by atoms with Crippen molar-refractivity contribution < 1.29 is 4.79 Å². The largest absolute Gasteiger partial charge is 0.348 e. The maximum absolute atomic E-state index is 12.5. The molecule has 116 valence electrons. The third-order valence-electron chi connectivity index (χ3n) is 5.00. The Hall–Kier alpha value is -3.07. The maximum atomic E-state index is 12.5. The van der Waals surface area contributed by atoms with Gasteiger partial charge in [0.1, 0.15) is 0 Å². The van der Waals surface area contributed by atoms with Crippen molar-refractivity contribution in [3.05, 3.63) is 71.8 Å². The molecule has 0 unspecified atom stereocenters. The van der Waals surface area contributed by atoms with Crippen LogP contribution in [-0.4, -0.2) is 10.5 Å². The number of hydrogen-bond acceptors (Lipinski definition) is 1. The second kappa shape index (κ2) is 4.71. The number of para-hydroxylation sites is 1. The average Bonchev–Trinajstić information content (AvgIpc) is 3.14. The third-order valence-corrected chi connectivity index (χ3v) is 5.00. The summed E-state index contributed by atoms with van der Waals surface area (Å²) < 4.78 is 2.21. The Labute approximate surface area is 139 Å². The van der Waals surface area contributed by atoms with Gasteiger partial charge in [-0.2, -0.15) is 0 Å². The van der Waals surface area contributed by atoms with Crippen molar-refractivity contribution in [2.24, 2.45) is 7.05 Å². The number of nitrogens with one attached hydrogen (secondary N) is 1. The smallest absolute Gasteiger partial charge is 0.252 e. The van der Waals surface area contributed by atoms with Gasteiger partial charge in [-0.25, -0.2) is 0 Å². The van der Waals surface area contributed by atoms with Crippen LogP contribution in [0, 0.1) is 0 Å². The van der Waals surface area contributed by atoms with Crippen LogP contribution in [0.4, 0.5) is 0 Å². The second-order valence-corrected chi connectivity index (χ2v) is 6.31. The zero-order valence-corrected chi connectivity index (χ0v) is 13.3. The summed E-state index contributed by atoms with van der Waals surface area (Å²) in [6.45, 7) is 0.604. The fourth-order valence-electron chi connectivity index (χ4n) is 3.94. The van der Waals surface area contributed by atoms with Gasteiger partial charge in [-0.15, -0.1) is 0 Å². The summed E-state index contributed by atoms with van der Waals surface area (Å²) >= 11 is 0. The van der Waals surface area contributed by atoms with E-state index < -0.39 is 0 Å². The van der Waals surface area contributed by atoms with E-state index in [4.69, 9.17) is 0 Å². The van der Waals surface area contributed by atoms with E-state index >= 15 is 0 Å². The zero-order chi connectivity index (χ0) is 16.3. The lowest BCUT2D eigenvalue weighted by Crippen LogP contribution is -2.12. The van der Waals surface area contributed by atoms with Crippen LogP contribution < -0.4 is 5.32 Å². The van der Waals surface area contributed by atoms with E-state index in [0.29, 0.717) is 6.54 Å². The van der Waals surface area contributed by atoms with Gasteiger partial charge in [0.25, 0.3) is 5.91 Å². The van der Waals surface area contributed by atoms with Crippen molar-refractivity contribution in [2.45, 2.75) is 6.54 Å². The predicted octanol–water partition coefficient (Wildman–Crippen LogP) is 4.24. The van der Waals surface area contributed by atoms with Gasteiger partial charge in [-0.05, 0) is 23.3 Å². The standard InChI is InChI=1S/C21H16N2O/c1-23-17-10-6-5-9-15(17)19-18-14(12-22-21(18)24)11-16(20(19)23)13-7-3-2-4-8-13/h2-11H,12H2,1H3,(H,22,24). The van der Waals surface area contributed by atoms with Crippen LogP contribution in [0.15, 0.2) is 60.7 Å². The Kier molecular flexibility index (Phi) is 2.63. The first-order chi connectivity index (χ1) is 11.8. The third kappa shape index (κ3) is 1.64. The summed E-state index contributed by atoms with van der Waals surface area (Å²) in [5, 5.41) is 5.19. The molecule has 0 radical (unpaired) electrons. The summed E-state index contributed by atoms with van der Waals surface area (Å²) in [7, 11) is 2.08. The molecule has 1 aliphatic heterocycles. The van der Waals surface area contributed by atoms with Crippen molar-refractivity contribution in [3.8, 4) is 11.1 Å². The molecule has 4 aromatic rings. The lowest BCUT2D eigenvalue weighted by atomic mass is 9.95. The molecular formula is C21H16N2O. The van der Waals surface area contributed by atoms with Crippen LogP contribution in [0.2, 0.25) is 0 Å². The molecule has 1 N–H and O–H groups in total. The summed E-state index contributed by atoms with van der Waals surface area (Å²) in [4.78, 5) is 12.5. The normalized spacial score (nSPS) is 13.5. The Morgan fingerprint density at radius 1 is 1.00 bits per heavy atom. The molecule has 0 bridgehead atoms. The van der Waals surface area contributed by atoms with Crippen LogP contribution in [-0.2, 0) is 13.6 Å². The van der Waals surface area contributed by atoms with Gasteiger partial charge in [-0.3, -0.25) is 4.79 Å². The number of fused-ring (bicyclic) bond motifs is 5. The molecule has 3 heteroatoms. The molecule has 0 fully saturated rings. The van der Waals surface area contributed by atoms with E-state index in [9.17, 15) is 4.79 Å². The summed E-state index contributed by atoms with van der Waals surface area (Å²) in [5.41, 5.74) is 6.55. The number of rotatable bonds is 1. The van der Waals surface area contributed by atoms with E-state index in [1.54, 1.807) is 0 Å². The Morgan fingerprint density at radius 3 is 2.58 bits per heavy atom. The number of nitrogens with zero attached hydrogens (tertiary/aromatic N) is 1. The lowest BCUT2D eigenvalue weighted by Gasteiger charge is -2.10. The molecule has 3 aromatic carbocycles. The van der Waals surface area contributed by atoms with Gasteiger partial charge in [0, 0.05) is 35.4 Å². The first-order valence-electron chi connectivity index (χ1n) is 8.12. The first-order valence-corrected chi connectivity index (χ1v) is 8.12. The molecule has 0 atom stereocenters.